The molecule has 2 aromatic carbocycles. The van der Waals surface area contributed by atoms with Crippen molar-refractivity contribution in [3.63, 3.8) is 0 Å². The van der Waals surface area contributed by atoms with Crippen LogP contribution >= 0.6 is 11.6 Å². The predicted molar refractivity (Wildman–Crippen MR) is 94.7 cm³/mol. The summed E-state index contributed by atoms with van der Waals surface area (Å²) in [5.41, 5.74) is 1.39. The fourth-order valence-corrected chi connectivity index (χ4v) is 2.51. The van der Waals surface area contributed by atoms with E-state index < -0.39 is 18.2 Å². The molecule has 132 valence electrons. The van der Waals surface area contributed by atoms with E-state index in [1.54, 1.807) is 54.6 Å². The molecule has 0 saturated carbocycles. The predicted octanol–water partition coefficient (Wildman–Crippen LogP) is 3.49. The third kappa shape index (κ3) is 3.75. The molecule has 0 saturated heterocycles. The quantitative estimate of drug-likeness (QED) is 0.640. The van der Waals surface area contributed by atoms with Gasteiger partial charge in [0.2, 0.25) is 0 Å². The number of esters is 2. The zero-order chi connectivity index (χ0) is 18.7. The van der Waals surface area contributed by atoms with Crippen LogP contribution in [-0.2, 0) is 14.3 Å². The number of hydrogen-bond acceptors (Lipinski definition) is 6. The molecule has 1 atom stereocenters. The molecule has 0 bridgehead atoms. The highest BCUT2D eigenvalue weighted by molar-refractivity contribution is 6.42. The van der Waals surface area contributed by atoms with Gasteiger partial charge >= 0.3 is 11.9 Å². The first-order valence-corrected chi connectivity index (χ1v) is 8.08. The molecule has 1 aliphatic heterocycles. The molecule has 0 amide bonds. The Bertz CT molecular complexity index is 907. The van der Waals surface area contributed by atoms with Gasteiger partial charge in [0, 0.05) is 11.3 Å². The molecular weight excluding hydrogens is 358 g/mol. The first-order valence-electron chi connectivity index (χ1n) is 7.70. The topological polar surface area (TPSA) is 81.7 Å². The number of benzene rings is 2. The summed E-state index contributed by atoms with van der Waals surface area (Å²) >= 11 is 5.99. The maximum absolute atomic E-state index is 12.2. The van der Waals surface area contributed by atoms with Crippen LogP contribution in [-0.4, -0.2) is 24.0 Å². The number of carbonyl (C=O) groups excluding carboxylic acids is 3. The fraction of sp³-hybridized carbons (Fsp3) is 0.105. The summed E-state index contributed by atoms with van der Waals surface area (Å²) < 4.78 is 10.3. The number of cyclic esters (lactones) is 1. The van der Waals surface area contributed by atoms with Crippen molar-refractivity contribution in [2.45, 2.75) is 13.2 Å². The second kappa shape index (κ2) is 7.41. The summed E-state index contributed by atoms with van der Waals surface area (Å²) in [6, 6.07) is 14.9. The van der Waals surface area contributed by atoms with Crippen LogP contribution in [0.5, 0.6) is 0 Å². The normalized spacial score (nSPS) is 16.2. The van der Waals surface area contributed by atoms with Gasteiger partial charge in [-0.3, -0.25) is 4.79 Å². The van der Waals surface area contributed by atoms with Crippen molar-refractivity contribution in [2.24, 2.45) is 0 Å². The van der Waals surface area contributed by atoms with Gasteiger partial charge in [-0.05, 0) is 31.2 Å². The Morgan fingerprint density at radius 3 is 2.46 bits per heavy atom. The lowest BCUT2D eigenvalue weighted by molar-refractivity contribution is -0.152. The molecule has 0 aromatic heterocycles. The highest BCUT2D eigenvalue weighted by Crippen LogP contribution is 2.29. The van der Waals surface area contributed by atoms with Gasteiger partial charge in [-0.25, -0.2) is 9.59 Å². The van der Waals surface area contributed by atoms with Crippen LogP contribution in [0.1, 0.15) is 27.6 Å². The Morgan fingerprint density at radius 2 is 1.77 bits per heavy atom. The molecule has 26 heavy (non-hydrogen) atoms. The Labute approximate surface area is 154 Å². The molecular formula is C19H14ClNO5. The number of nitrogens with one attached hydrogen (secondary N) is 1. The minimum atomic E-state index is -1.30. The van der Waals surface area contributed by atoms with Crippen molar-refractivity contribution in [2.75, 3.05) is 5.32 Å². The van der Waals surface area contributed by atoms with E-state index in [2.05, 4.69) is 5.32 Å². The second-order valence-corrected chi connectivity index (χ2v) is 5.88. The summed E-state index contributed by atoms with van der Waals surface area (Å²) in [5.74, 6) is -1.58. The minimum absolute atomic E-state index is 0.0987. The summed E-state index contributed by atoms with van der Waals surface area (Å²) in [7, 11) is 0. The number of ketones is 1. The van der Waals surface area contributed by atoms with Crippen molar-refractivity contribution in [1.82, 2.24) is 0 Å². The van der Waals surface area contributed by atoms with Gasteiger partial charge < -0.3 is 14.8 Å². The maximum Gasteiger partial charge on any atom is 0.355 e. The molecule has 0 aliphatic carbocycles. The molecule has 6 nitrogen and oxygen atoms in total. The highest BCUT2D eigenvalue weighted by atomic mass is 35.5. The summed E-state index contributed by atoms with van der Waals surface area (Å²) in [4.78, 5) is 35.5. The fourth-order valence-electron chi connectivity index (χ4n) is 2.33. The van der Waals surface area contributed by atoms with E-state index in [1.807, 2.05) is 0 Å². The SMILES string of the molecule is CC(=O)c1cccc(NC2=C(Cl)C(=O)OC2OC(=O)c2ccccc2)c1. The van der Waals surface area contributed by atoms with Gasteiger partial charge in [0.05, 0.1) is 5.56 Å². The Morgan fingerprint density at radius 1 is 1.08 bits per heavy atom. The molecule has 1 unspecified atom stereocenters. The van der Waals surface area contributed by atoms with Crippen molar-refractivity contribution < 1.29 is 23.9 Å². The molecule has 1 aliphatic rings. The van der Waals surface area contributed by atoms with Crippen molar-refractivity contribution in [3.05, 3.63) is 76.5 Å². The monoisotopic (exact) mass is 371 g/mol. The Hall–Kier alpha value is -3.12. The van der Waals surface area contributed by atoms with Crippen LogP contribution < -0.4 is 5.32 Å². The molecule has 0 spiro atoms. The van der Waals surface area contributed by atoms with E-state index in [9.17, 15) is 14.4 Å². The molecule has 7 heteroatoms. The third-order valence-electron chi connectivity index (χ3n) is 3.64. The van der Waals surface area contributed by atoms with Crippen molar-refractivity contribution >= 4 is 35.0 Å². The minimum Gasteiger partial charge on any atom is -0.415 e. The van der Waals surface area contributed by atoms with E-state index in [1.165, 1.54) is 6.92 Å². The van der Waals surface area contributed by atoms with E-state index in [-0.39, 0.29) is 16.5 Å². The standard InChI is InChI=1S/C19H14ClNO5/c1-11(22)13-8-5-9-14(10-13)21-16-15(20)18(24)26-19(16)25-17(23)12-6-3-2-4-7-12/h2-10,19,21H,1H3. The summed E-state index contributed by atoms with van der Waals surface area (Å²) in [6.45, 7) is 1.44. The van der Waals surface area contributed by atoms with E-state index in [0.29, 0.717) is 16.8 Å². The number of Topliss-reactive ketones (excluding diaryl/α,β-unsaturated/α-hetero) is 1. The average Bonchev–Trinajstić information content (AvgIpc) is 2.90. The van der Waals surface area contributed by atoms with E-state index >= 15 is 0 Å². The number of anilines is 1. The van der Waals surface area contributed by atoms with Gasteiger partial charge in [-0.15, -0.1) is 0 Å². The molecule has 2 aromatic rings. The summed E-state index contributed by atoms with van der Waals surface area (Å²) in [6.07, 6.45) is -1.30. The highest BCUT2D eigenvalue weighted by Gasteiger charge is 2.36. The van der Waals surface area contributed by atoms with Crippen LogP contribution in [0, 0.1) is 0 Å². The van der Waals surface area contributed by atoms with Crippen LogP contribution in [0.4, 0.5) is 5.69 Å². The first kappa shape index (κ1) is 17.7. The van der Waals surface area contributed by atoms with Gasteiger partial charge in [0.1, 0.15) is 5.70 Å². The number of hydrogen-bond donors (Lipinski definition) is 1. The van der Waals surface area contributed by atoms with Crippen LogP contribution in [0.25, 0.3) is 0 Å². The lowest BCUT2D eigenvalue weighted by Crippen LogP contribution is -2.24. The first-order chi connectivity index (χ1) is 12.5. The Kier molecular flexibility index (Phi) is 5.04. The molecule has 3 rings (SSSR count). The number of halogens is 1. The number of rotatable bonds is 5. The van der Waals surface area contributed by atoms with Gasteiger partial charge in [0.25, 0.3) is 6.29 Å². The molecule has 1 heterocycles. The zero-order valence-electron chi connectivity index (χ0n) is 13.7. The van der Waals surface area contributed by atoms with E-state index in [4.69, 9.17) is 21.1 Å². The lowest BCUT2D eigenvalue weighted by atomic mass is 10.1. The van der Waals surface area contributed by atoms with Crippen LogP contribution in [0.2, 0.25) is 0 Å². The number of carbonyl (C=O) groups is 3. The maximum atomic E-state index is 12.2. The van der Waals surface area contributed by atoms with Crippen molar-refractivity contribution in [3.8, 4) is 0 Å². The molecule has 0 fully saturated rings. The van der Waals surface area contributed by atoms with Crippen LogP contribution in [0.15, 0.2) is 65.3 Å². The Balaban J connectivity index is 1.81. The zero-order valence-corrected chi connectivity index (χ0v) is 14.4. The summed E-state index contributed by atoms with van der Waals surface area (Å²) in [5, 5.41) is 2.68. The van der Waals surface area contributed by atoms with E-state index in [0.717, 1.165) is 0 Å². The lowest BCUT2D eigenvalue weighted by Gasteiger charge is -2.16. The number of ether oxygens (including phenoxy) is 2. The van der Waals surface area contributed by atoms with Gasteiger partial charge in [0.15, 0.2) is 10.8 Å². The average molecular weight is 372 g/mol. The molecule has 1 N–H and O–H groups in total. The smallest absolute Gasteiger partial charge is 0.355 e. The second-order valence-electron chi connectivity index (χ2n) is 5.50. The third-order valence-corrected chi connectivity index (χ3v) is 4.00. The van der Waals surface area contributed by atoms with Gasteiger partial charge in [-0.1, -0.05) is 41.9 Å². The van der Waals surface area contributed by atoms with Crippen LogP contribution in [0.3, 0.4) is 0 Å². The molecule has 0 radical (unpaired) electrons. The largest absolute Gasteiger partial charge is 0.415 e. The van der Waals surface area contributed by atoms with Crippen molar-refractivity contribution in [1.29, 1.82) is 0 Å². The van der Waals surface area contributed by atoms with Gasteiger partial charge in [-0.2, -0.15) is 0 Å².